The Morgan fingerprint density at radius 2 is 2.08 bits per heavy atom. The molecular weight excluding hydrogens is 164 g/mol. The van der Waals surface area contributed by atoms with E-state index in [1.807, 2.05) is 4.90 Å². The highest BCUT2D eigenvalue weighted by molar-refractivity contribution is 5.75. The monoisotopic (exact) mass is 180 g/mol. The average Bonchev–Trinajstić information content (AvgIpc) is 2.72. The van der Waals surface area contributed by atoms with E-state index in [9.17, 15) is 4.79 Å². The fourth-order valence-corrected chi connectivity index (χ4v) is 2.20. The Kier molecular flexibility index (Phi) is 1.55. The predicted octanol–water partition coefficient (Wildman–Crippen LogP) is 1.20. The molecule has 1 saturated heterocycles. The Balaban J connectivity index is 1.45. The molecule has 1 heterocycles. The van der Waals surface area contributed by atoms with E-state index in [4.69, 9.17) is 0 Å². The molecular formula is C10H16N2O. The molecule has 3 nitrogen and oxygen atoms in total. The van der Waals surface area contributed by atoms with Crippen LogP contribution in [0.4, 0.5) is 4.79 Å². The summed E-state index contributed by atoms with van der Waals surface area (Å²) in [5.41, 5.74) is 0. The first-order valence-corrected chi connectivity index (χ1v) is 5.40. The van der Waals surface area contributed by atoms with E-state index in [2.05, 4.69) is 5.32 Å². The highest BCUT2D eigenvalue weighted by atomic mass is 16.2. The van der Waals surface area contributed by atoms with Crippen LogP contribution in [0.1, 0.15) is 25.7 Å². The molecule has 0 unspecified atom stereocenters. The number of hydrogen-bond donors (Lipinski definition) is 1. The maximum atomic E-state index is 11.5. The van der Waals surface area contributed by atoms with Crippen LogP contribution in [0.2, 0.25) is 0 Å². The third-order valence-corrected chi connectivity index (χ3v) is 3.52. The number of carbonyl (C=O) groups is 1. The summed E-state index contributed by atoms with van der Waals surface area (Å²) in [6.07, 6.45) is 5.23. The molecule has 13 heavy (non-hydrogen) atoms. The normalized spacial score (nSPS) is 36.8. The summed E-state index contributed by atoms with van der Waals surface area (Å²) in [6.45, 7) is 1.93. The second kappa shape index (κ2) is 2.63. The molecule has 0 aromatic carbocycles. The summed E-state index contributed by atoms with van der Waals surface area (Å²) in [7, 11) is 0. The van der Waals surface area contributed by atoms with Crippen molar-refractivity contribution in [1.82, 2.24) is 10.2 Å². The van der Waals surface area contributed by atoms with Crippen molar-refractivity contribution in [3.63, 3.8) is 0 Å². The molecule has 3 rings (SSSR count). The maximum absolute atomic E-state index is 11.5. The first-order valence-electron chi connectivity index (χ1n) is 5.40. The molecule has 1 N–H and O–H groups in total. The quantitative estimate of drug-likeness (QED) is 0.680. The van der Waals surface area contributed by atoms with Gasteiger partial charge in [0.2, 0.25) is 0 Å². The minimum atomic E-state index is 0.180. The number of nitrogens with zero attached hydrogens (tertiary/aromatic N) is 1. The van der Waals surface area contributed by atoms with Crippen LogP contribution < -0.4 is 5.32 Å². The van der Waals surface area contributed by atoms with Crippen LogP contribution in [0.3, 0.4) is 0 Å². The van der Waals surface area contributed by atoms with Gasteiger partial charge in [-0.05, 0) is 37.5 Å². The van der Waals surface area contributed by atoms with Gasteiger partial charge in [-0.3, -0.25) is 0 Å². The molecule has 2 atom stereocenters. The Labute approximate surface area is 78.5 Å². The molecule has 0 aromatic rings. The first-order chi connectivity index (χ1) is 6.34. The lowest BCUT2D eigenvalue weighted by atomic mass is 10.2. The second-order valence-corrected chi connectivity index (χ2v) is 4.63. The minimum absolute atomic E-state index is 0.180. The molecule has 0 aromatic heterocycles. The number of carbonyl (C=O) groups excluding carboxylic acids is 1. The summed E-state index contributed by atoms with van der Waals surface area (Å²) in [4.78, 5) is 13.4. The molecule has 3 fully saturated rings. The molecule has 3 heteroatoms. The Morgan fingerprint density at radius 1 is 1.31 bits per heavy atom. The van der Waals surface area contributed by atoms with Crippen molar-refractivity contribution in [3.05, 3.63) is 0 Å². The van der Waals surface area contributed by atoms with Crippen LogP contribution in [0.15, 0.2) is 0 Å². The number of nitrogens with one attached hydrogen (secondary N) is 1. The van der Waals surface area contributed by atoms with Gasteiger partial charge in [0.1, 0.15) is 0 Å². The van der Waals surface area contributed by atoms with Crippen molar-refractivity contribution in [2.24, 2.45) is 11.8 Å². The smallest absolute Gasteiger partial charge is 0.317 e. The zero-order chi connectivity index (χ0) is 8.84. The fraction of sp³-hybridized carbons (Fsp3) is 0.900. The topological polar surface area (TPSA) is 32.3 Å². The largest absolute Gasteiger partial charge is 0.335 e. The summed E-state index contributed by atoms with van der Waals surface area (Å²) in [5, 5.41) is 3.11. The number of amides is 2. The van der Waals surface area contributed by atoms with Crippen molar-refractivity contribution >= 4 is 6.03 Å². The molecule has 2 saturated carbocycles. The number of likely N-dealkylation sites (tertiary alicyclic amines) is 1. The van der Waals surface area contributed by atoms with E-state index >= 15 is 0 Å². The minimum Gasteiger partial charge on any atom is -0.335 e. The van der Waals surface area contributed by atoms with Gasteiger partial charge in [-0.2, -0.15) is 0 Å². The molecule has 3 aliphatic rings. The third-order valence-electron chi connectivity index (χ3n) is 3.52. The summed E-state index contributed by atoms with van der Waals surface area (Å²) in [6, 6.07) is 0.708. The van der Waals surface area contributed by atoms with Crippen LogP contribution in [0.25, 0.3) is 0 Å². The van der Waals surface area contributed by atoms with E-state index in [1.165, 1.54) is 25.7 Å². The van der Waals surface area contributed by atoms with E-state index in [1.54, 1.807) is 0 Å². The zero-order valence-electron chi connectivity index (χ0n) is 7.83. The molecule has 0 radical (unpaired) electrons. The lowest BCUT2D eigenvalue weighted by molar-refractivity contribution is 0.166. The maximum Gasteiger partial charge on any atom is 0.317 e. The number of rotatable bonds is 2. The van der Waals surface area contributed by atoms with Gasteiger partial charge >= 0.3 is 6.03 Å². The standard InChI is InChI=1S/C10H16N2O/c13-10(12-4-1-5-12)11-9-6-8(9)7-2-3-7/h7-9H,1-6H2,(H,11,13)/t8-,9+/m0/s1. The highest BCUT2D eigenvalue weighted by Crippen LogP contribution is 2.50. The van der Waals surface area contributed by atoms with Crippen molar-refractivity contribution in [2.45, 2.75) is 31.7 Å². The molecule has 0 spiro atoms. The van der Waals surface area contributed by atoms with Crippen LogP contribution in [0, 0.1) is 11.8 Å². The summed E-state index contributed by atoms with van der Waals surface area (Å²) in [5.74, 6) is 1.80. The van der Waals surface area contributed by atoms with Gasteiger partial charge in [-0.1, -0.05) is 0 Å². The fourth-order valence-electron chi connectivity index (χ4n) is 2.20. The summed E-state index contributed by atoms with van der Waals surface area (Å²) < 4.78 is 0. The molecule has 2 aliphatic carbocycles. The van der Waals surface area contributed by atoms with Gasteiger partial charge in [0.15, 0.2) is 0 Å². The molecule has 72 valence electrons. The Hall–Kier alpha value is -0.730. The number of urea groups is 1. The van der Waals surface area contributed by atoms with E-state index in [0.29, 0.717) is 6.04 Å². The Morgan fingerprint density at radius 3 is 2.62 bits per heavy atom. The van der Waals surface area contributed by atoms with Crippen molar-refractivity contribution in [1.29, 1.82) is 0 Å². The molecule has 2 amide bonds. The van der Waals surface area contributed by atoms with Gasteiger partial charge in [-0.15, -0.1) is 0 Å². The SMILES string of the molecule is O=C(N[C@@H]1C[C@H]1C1CC1)N1CCC1. The highest BCUT2D eigenvalue weighted by Gasteiger charge is 2.48. The predicted molar refractivity (Wildman–Crippen MR) is 49.3 cm³/mol. The van der Waals surface area contributed by atoms with E-state index < -0.39 is 0 Å². The van der Waals surface area contributed by atoms with Crippen LogP contribution in [-0.4, -0.2) is 30.1 Å². The van der Waals surface area contributed by atoms with Gasteiger partial charge in [-0.25, -0.2) is 4.79 Å². The summed E-state index contributed by atoms with van der Waals surface area (Å²) >= 11 is 0. The van der Waals surface area contributed by atoms with Gasteiger partial charge < -0.3 is 10.2 Å². The van der Waals surface area contributed by atoms with E-state index in [-0.39, 0.29) is 6.03 Å². The lowest BCUT2D eigenvalue weighted by Gasteiger charge is -2.30. The third kappa shape index (κ3) is 1.40. The van der Waals surface area contributed by atoms with Gasteiger partial charge in [0.25, 0.3) is 0 Å². The van der Waals surface area contributed by atoms with Crippen LogP contribution >= 0.6 is 0 Å². The zero-order valence-corrected chi connectivity index (χ0v) is 7.83. The molecule has 0 bridgehead atoms. The lowest BCUT2D eigenvalue weighted by Crippen LogP contribution is -2.48. The van der Waals surface area contributed by atoms with Crippen LogP contribution in [-0.2, 0) is 0 Å². The van der Waals surface area contributed by atoms with Crippen molar-refractivity contribution in [2.75, 3.05) is 13.1 Å². The second-order valence-electron chi connectivity index (χ2n) is 4.63. The van der Waals surface area contributed by atoms with Gasteiger partial charge in [0, 0.05) is 19.1 Å². The number of hydrogen-bond acceptors (Lipinski definition) is 1. The Bertz CT molecular complexity index is 233. The first kappa shape index (κ1) is 7.65. The average molecular weight is 180 g/mol. The van der Waals surface area contributed by atoms with Crippen molar-refractivity contribution in [3.8, 4) is 0 Å². The van der Waals surface area contributed by atoms with E-state index in [0.717, 1.165) is 24.9 Å². The van der Waals surface area contributed by atoms with Crippen LogP contribution in [0.5, 0.6) is 0 Å². The van der Waals surface area contributed by atoms with Crippen molar-refractivity contribution < 1.29 is 4.79 Å². The van der Waals surface area contributed by atoms with Gasteiger partial charge in [0.05, 0.1) is 0 Å². The molecule has 1 aliphatic heterocycles.